The summed E-state index contributed by atoms with van der Waals surface area (Å²) in [7, 11) is -3.44. The van der Waals surface area contributed by atoms with Gasteiger partial charge in [0.1, 0.15) is 4.21 Å². The molecule has 0 radical (unpaired) electrons. The second-order valence-corrected chi connectivity index (χ2v) is 7.69. The van der Waals surface area contributed by atoms with Crippen LogP contribution in [0.5, 0.6) is 0 Å². The molecule has 0 saturated carbocycles. The number of thiazole rings is 1. The predicted molar refractivity (Wildman–Crippen MR) is 77.8 cm³/mol. The van der Waals surface area contributed by atoms with Crippen LogP contribution in [0.4, 0.5) is 0 Å². The second kappa shape index (κ2) is 6.58. The zero-order valence-electron chi connectivity index (χ0n) is 10.4. The molecule has 0 aliphatic heterocycles. The number of thiophene rings is 1. The molecule has 0 atom stereocenters. The van der Waals surface area contributed by atoms with E-state index in [1.807, 2.05) is 18.4 Å². The van der Waals surface area contributed by atoms with Crippen molar-refractivity contribution in [2.75, 3.05) is 6.54 Å². The highest BCUT2D eigenvalue weighted by molar-refractivity contribution is 7.91. The van der Waals surface area contributed by atoms with E-state index >= 15 is 0 Å². The molecule has 2 aromatic heterocycles. The molecule has 104 valence electrons. The Hall–Kier alpha value is -0.800. The molecule has 2 heterocycles. The number of sulfonamides is 1. The molecule has 2 rings (SSSR count). The first-order chi connectivity index (χ1) is 9.12. The van der Waals surface area contributed by atoms with Crippen LogP contribution < -0.4 is 10.0 Å². The number of nitrogens with one attached hydrogen (secondary N) is 2. The van der Waals surface area contributed by atoms with Crippen molar-refractivity contribution < 1.29 is 8.42 Å². The molecule has 0 unspecified atom stereocenters. The lowest BCUT2D eigenvalue weighted by Crippen LogP contribution is -2.22. The highest BCUT2D eigenvalue weighted by Crippen LogP contribution is 2.21. The van der Waals surface area contributed by atoms with Gasteiger partial charge in [-0.3, -0.25) is 0 Å². The van der Waals surface area contributed by atoms with E-state index in [1.165, 1.54) is 22.7 Å². The average Bonchev–Trinajstić information content (AvgIpc) is 3.05. The minimum absolute atomic E-state index is 0.228. The summed E-state index contributed by atoms with van der Waals surface area (Å²) in [6, 6.07) is 3.48. The van der Waals surface area contributed by atoms with E-state index in [1.54, 1.807) is 11.6 Å². The molecular weight excluding hydrogens is 302 g/mol. The van der Waals surface area contributed by atoms with Crippen molar-refractivity contribution in [2.24, 2.45) is 0 Å². The lowest BCUT2D eigenvalue weighted by molar-refractivity contribution is 0.583. The van der Waals surface area contributed by atoms with Crippen LogP contribution in [0.25, 0.3) is 0 Å². The summed E-state index contributed by atoms with van der Waals surface area (Å²) in [4.78, 5) is 5.05. The minimum Gasteiger partial charge on any atom is -0.312 e. The van der Waals surface area contributed by atoms with Crippen molar-refractivity contribution in [1.29, 1.82) is 0 Å². The molecule has 0 fully saturated rings. The van der Waals surface area contributed by atoms with Gasteiger partial charge >= 0.3 is 0 Å². The summed E-state index contributed by atoms with van der Waals surface area (Å²) in [5, 5.41) is 5.00. The summed E-state index contributed by atoms with van der Waals surface area (Å²) < 4.78 is 27.0. The smallest absolute Gasteiger partial charge is 0.250 e. The molecule has 0 aromatic carbocycles. The molecular formula is C11H15N3O2S3. The Labute approximate surface area is 120 Å². The molecule has 0 bridgehead atoms. The topological polar surface area (TPSA) is 71.1 Å². The van der Waals surface area contributed by atoms with Crippen molar-refractivity contribution in [3.8, 4) is 0 Å². The Kier molecular flexibility index (Phi) is 5.06. The fraction of sp³-hybridized carbons (Fsp3) is 0.364. The third kappa shape index (κ3) is 4.08. The van der Waals surface area contributed by atoms with E-state index in [0.717, 1.165) is 17.1 Å². The van der Waals surface area contributed by atoms with Crippen LogP contribution in [0.2, 0.25) is 0 Å². The van der Waals surface area contributed by atoms with Gasteiger partial charge in [-0.05, 0) is 18.7 Å². The van der Waals surface area contributed by atoms with Crippen LogP contribution in [-0.4, -0.2) is 19.9 Å². The predicted octanol–water partition coefficient (Wildman–Crippen LogP) is 1.79. The largest absolute Gasteiger partial charge is 0.312 e. The standard InChI is InChI=1S/C11H15N3O2S3/c1-2-12-6-10-3-4-11(18-10)19(15,16)14-5-9-7-17-8-13-9/h3-4,7-8,12,14H,2,5-6H2,1H3. The van der Waals surface area contributed by atoms with Crippen LogP contribution in [0.15, 0.2) is 27.2 Å². The first kappa shape index (κ1) is 14.6. The van der Waals surface area contributed by atoms with E-state index in [0.29, 0.717) is 10.8 Å². The van der Waals surface area contributed by atoms with Crippen molar-refractivity contribution >= 4 is 32.7 Å². The number of hydrogen-bond donors (Lipinski definition) is 2. The highest BCUT2D eigenvalue weighted by Gasteiger charge is 2.16. The highest BCUT2D eigenvalue weighted by atomic mass is 32.2. The quantitative estimate of drug-likeness (QED) is 0.817. The zero-order valence-corrected chi connectivity index (χ0v) is 12.9. The van der Waals surface area contributed by atoms with Crippen LogP contribution >= 0.6 is 22.7 Å². The van der Waals surface area contributed by atoms with E-state index in [9.17, 15) is 8.42 Å². The summed E-state index contributed by atoms with van der Waals surface area (Å²) in [6.45, 7) is 3.80. The SMILES string of the molecule is CCNCc1ccc(S(=O)(=O)NCc2cscn2)s1. The van der Waals surface area contributed by atoms with Gasteiger partial charge in [-0.2, -0.15) is 0 Å². The molecule has 0 saturated heterocycles. The lowest BCUT2D eigenvalue weighted by Gasteiger charge is -2.02. The van der Waals surface area contributed by atoms with Crippen molar-refractivity contribution in [3.63, 3.8) is 0 Å². The Morgan fingerprint density at radius 1 is 1.32 bits per heavy atom. The van der Waals surface area contributed by atoms with Gasteiger partial charge in [0.25, 0.3) is 0 Å². The summed E-state index contributed by atoms with van der Waals surface area (Å²) in [6.07, 6.45) is 0. The monoisotopic (exact) mass is 317 g/mol. The summed E-state index contributed by atoms with van der Waals surface area (Å²) in [5.74, 6) is 0. The first-order valence-corrected chi connectivity index (χ1v) is 9.02. The Morgan fingerprint density at radius 2 is 2.16 bits per heavy atom. The van der Waals surface area contributed by atoms with Crippen LogP contribution in [0, 0.1) is 0 Å². The maximum absolute atomic E-state index is 12.1. The van der Waals surface area contributed by atoms with E-state index in [-0.39, 0.29) is 6.54 Å². The Bertz CT molecular complexity index is 605. The third-order valence-corrected chi connectivity index (χ3v) is 5.99. The first-order valence-electron chi connectivity index (χ1n) is 5.78. The van der Waals surface area contributed by atoms with Crippen molar-refractivity contribution in [1.82, 2.24) is 15.0 Å². The molecule has 8 heteroatoms. The lowest BCUT2D eigenvalue weighted by atomic mass is 10.4. The van der Waals surface area contributed by atoms with Crippen LogP contribution in [-0.2, 0) is 23.1 Å². The summed E-state index contributed by atoms with van der Waals surface area (Å²) in [5.41, 5.74) is 2.42. The van der Waals surface area contributed by atoms with E-state index < -0.39 is 10.0 Å². The number of rotatable bonds is 7. The molecule has 19 heavy (non-hydrogen) atoms. The molecule has 2 N–H and O–H groups in total. The molecule has 2 aromatic rings. The van der Waals surface area contributed by atoms with Gasteiger partial charge in [0.2, 0.25) is 10.0 Å². The minimum atomic E-state index is -3.44. The van der Waals surface area contributed by atoms with Gasteiger partial charge in [-0.1, -0.05) is 6.92 Å². The summed E-state index contributed by atoms with van der Waals surface area (Å²) >= 11 is 2.73. The number of hydrogen-bond acceptors (Lipinski definition) is 6. The molecule has 0 amide bonds. The number of aromatic nitrogens is 1. The van der Waals surface area contributed by atoms with Gasteiger partial charge in [0, 0.05) is 16.8 Å². The zero-order chi connectivity index (χ0) is 13.7. The molecule has 0 aliphatic rings. The van der Waals surface area contributed by atoms with Gasteiger partial charge in [0.15, 0.2) is 0 Å². The van der Waals surface area contributed by atoms with Crippen molar-refractivity contribution in [2.45, 2.75) is 24.2 Å². The molecule has 5 nitrogen and oxygen atoms in total. The van der Waals surface area contributed by atoms with Gasteiger partial charge in [0.05, 0.1) is 17.7 Å². The average molecular weight is 317 g/mol. The normalized spacial score (nSPS) is 11.8. The maximum Gasteiger partial charge on any atom is 0.250 e. The van der Waals surface area contributed by atoms with E-state index in [2.05, 4.69) is 15.0 Å². The fourth-order valence-electron chi connectivity index (χ4n) is 1.41. The van der Waals surface area contributed by atoms with Gasteiger partial charge in [-0.25, -0.2) is 18.1 Å². The van der Waals surface area contributed by atoms with Gasteiger partial charge in [-0.15, -0.1) is 22.7 Å². The maximum atomic E-state index is 12.1. The van der Waals surface area contributed by atoms with Crippen molar-refractivity contribution in [3.05, 3.63) is 33.6 Å². The number of nitrogens with zero attached hydrogens (tertiary/aromatic N) is 1. The Balaban J connectivity index is 2.00. The van der Waals surface area contributed by atoms with E-state index in [4.69, 9.17) is 0 Å². The Morgan fingerprint density at radius 3 is 2.84 bits per heavy atom. The van der Waals surface area contributed by atoms with Crippen LogP contribution in [0.3, 0.4) is 0 Å². The third-order valence-electron chi connectivity index (χ3n) is 2.38. The molecule has 0 spiro atoms. The molecule has 0 aliphatic carbocycles. The van der Waals surface area contributed by atoms with Gasteiger partial charge < -0.3 is 5.32 Å². The fourth-order valence-corrected chi connectivity index (χ4v) is 4.34. The second-order valence-electron chi connectivity index (χ2n) is 3.81. The van der Waals surface area contributed by atoms with Crippen LogP contribution in [0.1, 0.15) is 17.5 Å².